The van der Waals surface area contributed by atoms with Crippen molar-refractivity contribution in [3.63, 3.8) is 0 Å². The van der Waals surface area contributed by atoms with E-state index in [0.29, 0.717) is 12.1 Å². The molecule has 1 unspecified atom stereocenters. The number of hydrogen-bond donors (Lipinski definition) is 2. The number of carbonyl (C=O) groups excluding carboxylic acids is 2. The zero-order valence-corrected chi connectivity index (χ0v) is 10.4. The number of carbonyl (C=O) groups is 2. The Morgan fingerprint density at radius 3 is 2.74 bits per heavy atom. The molecule has 0 aliphatic carbocycles. The van der Waals surface area contributed by atoms with E-state index >= 15 is 0 Å². The first-order valence-corrected chi connectivity index (χ1v) is 5.93. The Hall–Kier alpha value is -2.24. The normalized spacial score (nSPS) is 18.5. The first-order chi connectivity index (χ1) is 9.10. The highest BCUT2D eigenvalue weighted by Crippen LogP contribution is 2.18. The van der Waals surface area contributed by atoms with Crippen LogP contribution in [0.4, 0.5) is 10.1 Å². The van der Waals surface area contributed by atoms with Crippen LogP contribution in [0.15, 0.2) is 29.4 Å². The number of hydrazone groups is 1. The molecule has 1 aliphatic heterocycles. The monoisotopic (exact) mass is 263 g/mol. The highest BCUT2D eigenvalue weighted by atomic mass is 19.1. The van der Waals surface area contributed by atoms with Gasteiger partial charge < -0.3 is 5.32 Å². The van der Waals surface area contributed by atoms with Crippen LogP contribution in [0, 0.1) is 5.92 Å². The Morgan fingerprint density at radius 1 is 1.47 bits per heavy atom. The summed E-state index contributed by atoms with van der Waals surface area (Å²) in [7, 11) is 0. The maximum absolute atomic E-state index is 12.1. The molecule has 1 atom stereocenters. The quantitative estimate of drug-likeness (QED) is 0.866. The van der Waals surface area contributed by atoms with Crippen molar-refractivity contribution < 1.29 is 14.0 Å². The van der Waals surface area contributed by atoms with Crippen LogP contribution in [0.5, 0.6) is 0 Å². The average Bonchev–Trinajstić information content (AvgIpc) is 2.40. The average molecular weight is 263 g/mol. The van der Waals surface area contributed by atoms with Gasteiger partial charge in [0.05, 0.1) is 5.71 Å². The van der Waals surface area contributed by atoms with E-state index in [1.165, 1.54) is 0 Å². The van der Waals surface area contributed by atoms with Crippen molar-refractivity contribution in [2.45, 2.75) is 13.3 Å². The molecule has 0 spiro atoms. The molecule has 5 nitrogen and oxygen atoms in total. The number of benzene rings is 1. The minimum atomic E-state index is -1.04. The SMILES string of the molecule is CC1CC(=O)NN=C1c1ccc(NC(=O)CF)cc1. The number of anilines is 1. The molecular weight excluding hydrogens is 249 g/mol. The van der Waals surface area contributed by atoms with E-state index in [9.17, 15) is 14.0 Å². The summed E-state index contributed by atoms with van der Waals surface area (Å²) in [6.07, 6.45) is 0.402. The fourth-order valence-corrected chi connectivity index (χ4v) is 1.92. The van der Waals surface area contributed by atoms with Gasteiger partial charge in [-0.25, -0.2) is 9.82 Å². The van der Waals surface area contributed by atoms with Crippen molar-refractivity contribution in [1.29, 1.82) is 0 Å². The van der Waals surface area contributed by atoms with Crippen molar-refractivity contribution in [1.82, 2.24) is 5.43 Å². The van der Waals surface area contributed by atoms with Crippen molar-refractivity contribution in [2.24, 2.45) is 11.0 Å². The smallest absolute Gasteiger partial charge is 0.255 e. The van der Waals surface area contributed by atoms with Gasteiger partial charge in [-0.05, 0) is 17.7 Å². The third-order valence-corrected chi connectivity index (χ3v) is 2.85. The van der Waals surface area contributed by atoms with Gasteiger partial charge in [-0.3, -0.25) is 9.59 Å². The number of nitrogens with zero attached hydrogens (tertiary/aromatic N) is 1. The molecule has 1 aromatic carbocycles. The summed E-state index contributed by atoms with van der Waals surface area (Å²) < 4.78 is 12.1. The van der Waals surface area contributed by atoms with Crippen molar-refractivity contribution in [3.05, 3.63) is 29.8 Å². The summed E-state index contributed by atoms with van der Waals surface area (Å²) in [5.74, 6) is -0.730. The van der Waals surface area contributed by atoms with Crippen LogP contribution >= 0.6 is 0 Å². The van der Waals surface area contributed by atoms with Crippen LogP contribution in [0.25, 0.3) is 0 Å². The van der Waals surface area contributed by atoms with Gasteiger partial charge in [-0.2, -0.15) is 5.10 Å². The summed E-state index contributed by atoms with van der Waals surface area (Å²) in [6.45, 7) is 0.883. The Morgan fingerprint density at radius 2 is 2.16 bits per heavy atom. The van der Waals surface area contributed by atoms with Gasteiger partial charge in [0.1, 0.15) is 0 Å². The van der Waals surface area contributed by atoms with Gasteiger partial charge in [0.15, 0.2) is 6.67 Å². The van der Waals surface area contributed by atoms with E-state index in [0.717, 1.165) is 11.3 Å². The van der Waals surface area contributed by atoms with Gasteiger partial charge in [-0.1, -0.05) is 19.1 Å². The molecule has 100 valence electrons. The lowest BCUT2D eigenvalue weighted by Gasteiger charge is -2.19. The number of amides is 2. The minimum Gasteiger partial charge on any atom is -0.324 e. The van der Waals surface area contributed by atoms with E-state index in [1.807, 2.05) is 6.92 Å². The molecular formula is C13H14FN3O2. The summed E-state index contributed by atoms with van der Waals surface area (Å²) in [6, 6.07) is 6.91. The second-order valence-electron chi connectivity index (χ2n) is 4.40. The Balaban J connectivity index is 2.14. The predicted molar refractivity (Wildman–Crippen MR) is 69.5 cm³/mol. The Labute approximate surface area is 109 Å². The predicted octanol–water partition coefficient (Wildman–Crippen LogP) is 1.45. The molecule has 0 radical (unpaired) electrons. The lowest BCUT2D eigenvalue weighted by molar-refractivity contribution is -0.122. The van der Waals surface area contributed by atoms with Gasteiger partial charge >= 0.3 is 0 Å². The van der Waals surface area contributed by atoms with Crippen LogP contribution in [0.1, 0.15) is 18.9 Å². The minimum absolute atomic E-state index is 0.0417. The topological polar surface area (TPSA) is 70.6 Å². The fraction of sp³-hybridized carbons (Fsp3) is 0.308. The molecule has 2 N–H and O–H groups in total. The second kappa shape index (κ2) is 5.60. The number of rotatable bonds is 3. The summed E-state index contributed by atoms with van der Waals surface area (Å²) >= 11 is 0. The molecule has 2 rings (SSSR count). The number of halogens is 1. The maximum Gasteiger partial charge on any atom is 0.255 e. The molecule has 1 heterocycles. The van der Waals surface area contributed by atoms with E-state index in [2.05, 4.69) is 15.8 Å². The molecule has 0 fully saturated rings. The van der Waals surface area contributed by atoms with E-state index in [1.54, 1.807) is 24.3 Å². The summed E-state index contributed by atoms with van der Waals surface area (Å²) in [5, 5.41) is 6.45. The third-order valence-electron chi connectivity index (χ3n) is 2.85. The maximum atomic E-state index is 12.1. The number of nitrogens with one attached hydrogen (secondary N) is 2. The third kappa shape index (κ3) is 3.15. The van der Waals surface area contributed by atoms with Gasteiger partial charge in [0, 0.05) is 18.0 Å². The van der Waals surface area contributed by atoms with Gasteiger partial charge in [-0.15, -0.1) is 0 Å². The molecule has 1 aromatic rings. The zero-order chi connectivity index (χ0) is 13.8. The Kier molecular flexibility index (Phi) is 3.89. The van der Waals surface area contributed by atoms with E-state index < -0.39 is 12.6 Å². The Bertz CT molecular complexity index is 525. The summed E-state index contributed by atoms with van der Waals surface area (Å²) in [4.78, 5) is 22.1. The first-order valence-electron chi connectivity index (χ1n) is 5.93. The van der Waals surface area contributed by atoms with Crippen molar-refractivity contribution in [3.8, 4) is 0 Å². The lowest BCUT2D eigenvalue weighted by atomic mass is 9.94. The molecule has 19 heavy (non-hydrogen) atoms. The summed E-state index contributed by atoms with van der Waals surface area (Å²) in [5.41, 5.74) is 4.63. The van der Waals surface area contributed by atoms with Crippen molar-refractivity contribution in [2.75, 3.05) is 12.0 Å². The molecule has 0 saturated carbocycles. The highest BCUT2D eigenvalue weighted by Gasteiger charge is 2.21. The van der Waals surface area contributed by atoms with Crippen LogP contribution < -0.4 is 10.7 Å². The lowest BCUT2D eigenvalue weighted by Crippen LogP contribution is -2.31. The molecule has 0 saturated heterocycles. The molecule has 0 bridgehead atoms. The number of hydrogen-bond acceptors (Lipinski definition) is 3. The zero-order valence-electron chi connectivity index (χ0n) is 10.4. The van der Waals surface area contributed by atoms with Gasteiger partial charge in [0.2, 0.25) is 5.91 Å². The van der Waals surface area contributed by atoms with Crippen LogP contribution in [0.3, 0.4) is 0 Å². The molecule has 2 amide bonds. The van der Waals surface area contributed by atoms with Crippen LogP contribution in [0.2, 0.25) is 0 Å². The molecule has 1 aliphatic rings. The van der Waals surface area contributed by atoms with Crippen LogP contribution in [-0.2, 0) is 9.59 Å². The number of alkyl halides is 1. The van der Waals surface area contributed by atoms with Crippen LogP contribution in [-0.4, -0.2) is 24.2 Å². The van der Waals surface area contributed by atoms with E-state index in [-0.39, 0.29) is 11.8 Å². The van der Waals surface area contributed by atoms with Gasteiger partial charge in [0.25, 0.3) is 5.91 Å². The molecule has 0 aromatic heterocycles. The fourth-order valence-electron chi connectivity index (χ4n) is 1.92. The van der Waals surface area contributed by atoms with Crippen molar-refractivity contribution >= 4 is 23.2 Å². The first kappa shape index (κ1) is 13.2. The van der Waals surface area contributed by atoms with E-state index in [4.69, 9.17) is 0 Å². The second-order valence-corrected chi connectivity index (χ2v) is 4.40. The largest absolute Gasteiger partial charge is 0.324 e. The standard InChI is InChI=1S/C13H14FN3O2/c1-8-6-11(18)16-17-13(8)9-2-4-10(5-3-9)15-12(19)7-14/h2-5,8H,6-7H2,1H3,(H,15,19)(H,16,18). The molecule has 6 heteroatoms. The highest BCUT2D eigenvalue weighted by molar-refractivity contribution is 6.06.